The second-order valence-electron chi connectivity index (χ2n) is 7.06. The molecule has 0 bridgehead atoms. The molecule has 3 N–H and O–H groups in total. The third-order valence-electron chi connectivity index (χ3n) is 5.22. The van der Waals surface area contributed by atoms with Crippen molar-refractivity contribution in [3.05, 3.63) is 60.2 Å². The minimum atomic E-state index is -1.10. The maximum atomic E-state index is 12.4. The quantitative estimate of drug-likeness (QED) is 0.596. The van der Waals surface area contributed by atoms with E-state index < -0.39 is 24.0 Å². The van der Waals surface area contributed by atoms with Crippen LogP contribution in [0.15, 0.2) is 54.6 Å². The standard InChI is InChI=1S/C22H20N2O4/c25-20-10-9-18(23-20)21(26)24-19(22(27)28)12-17-15-7-3-1-5-13(15)11-14-6-2-4-8-16(14)17/h1-8,11,18-19H,9-10,12H2,(H,23,25)(H,24,26)(H,27,28)/t18-,19+/m0/s1. The summed E-state index contributed by atoms with van der Waals surface area (Å²) in [7, 11) is 0. The second kappa shape index (κ2) is 7.31. The molecule has 1 aliphatic rings. The zero-order valence-electron chi connectivity index (χ0n) is 15.1. The number of benzene rings is 3. The molecule has 6 nitrogen and oxygen atoms in total. The Morgan fingerprint density at radius 3 is 2.21 bits per heavy atom. The number of carbonyl (C=O) groups excluding carboxylic acids is 2. The Hall–Kier alpha value is -3.41. The van der Waals surface area contributed by atoms with Crippen molar-refractivity contribution in [2.45, 2.75) is 31.3 Å². The number of fused-ring (bicyclic) bond motifs is 2. The number of amides is 2. The van der Waals surface area contributed by atoms with Crippen LogP contribution in [0, 0.1) is 0 Å². The predicted octanol–water partition coefficient (Wildman–Crippen LogP) is 2.38. The summed E-state index contributed by atoms with van der Waals surface area (Å²) in [4.78, 5) is 35.7. The molecule has 28 heavy (non-hydrogen) atoms. The molecule has 3 aromatic carbocycles. The van der Waals surface area contributed by atoms with Crippen LogP contribution in [0.2, 0.25) is 0 Å². The van der Waals surface area contributed by atoms with Gasteiger partial charge in [0, 0.05) is 12.8 Å². The van der Waals surface area contributed by atoms with Gasteiger partial charge in [-0.25, -0.2) is 4.79 Å². The first-order valence-electron chi connectivity index (χ1n) is 9.25. The molecule has 1 fully saturated rings. The lowest BCUT2D eigenvalue weighted by atomic mass is 9.92. The van der Waals surface area contributed by atoms with Crippen LogP contribution < -0.4 is 10.6 Å². The maximum absolute atomic E-state index is 12.4. The molecule has 0 spiro atoms. The van der Waals surface area contributed by atoms with E-state index >= 15 is 0 Å². The van der Waals surface area contributed by atoms with Crippen molar-refractivity contribution in [2.75, 3.05) is 0 Å². The Morgan fingerprint density at radius 1 is 1.07 bits per heavy atom. The molecule has 2 amide bonds. The zero-order chi connectivity index (χ0) is 19.7. The molecule has 2 atom stereocenters. The first-order chi connectivity index (χ1) is 13.5. The van der Waals surface area contributed by atoms with Crippen molar-refractivity contribution in [3.8, 4) is 0 Å². The molecule has 0 radical (unpaired) electrons. The van der Waals surface area contributed by atoms with Crippen molar-refractivity contribution >= 4 is 39.3 Å². The molecule has 6 heteroatoms. The predicted molar refractivity (Wildman–Crippen MR) is 106 cm³/mol. The lowest BCUT2D eigenvalue weighted by Gasteiger charge is -2.19. The van der Waals surface area contributed by atoms with Gasteiger partial charge in [-0.15, -0.1) is 0 Å². The van der Waals surface area contributed by atoms with Crippen LogP contribution in [0.3, 0.4) is 0 Å². The van der Waals surface area contributed by atoms with Gasteiger partial charge in [0.25, 0.3) is 0 Å². The number of carbonyl (C=O) groups is 3. The molecule has 0 unspecified atom stereocenters. The highest BCUT2D eigenvalue weighted by Crippen LogP contribution is 2.29. The van der Waals surface area contributed by atoms with Crippen LogP contribution in [0.4, 0.5) is 0 Å². The summed E-state index contributed by atoms with van der Waals surface area (Å²) in [6.07, 6.45) is 0.821. The number of hydrogen-bond donors (Lipinski definition) is 3. The first-order valence-corrected chi connectivity index (χ1v) is 9.25. The van der Waals surface area contributed by atoms with Gasteiger partial charge in [-0.3, -0.25) is 9.59 Å². The SMILES string of the molecule is O=C1CC[C@@H](C(=O)N[C@H](Cc2c3ccccc3cc3ccccc23)C(=O)O)N1. The molecule has 142 valence electrons. The topological polar surface area (TPSA) is 95.5 Å². The summed E-state index contributed by atoms with van der Waals surface area (Å²) in [6.45, 7) is 0. The van der Waals surface area contributed by atoms with Gasteiger partial charge in [-0.2, -0.15) is 0 Å². The molecule has 0 aromatic heterocycles. The number of hydrogen-bond acceptors (Lipinski definition) is 3. The summed E-state index contributed by atoms with van der Waals surface area (Å²) in [6, 6.07) is 16.0. The molecule has 4 rings (SSSR count). The lowest BCUT2D eigenvalue weighted by molar-refractivity contribution is -0.142. The van der Waals surface area contributed by atoms with Crippen LogP contribution in [0.1, 0.15) is 18.4 Å². The van der Waals surface area contributed by atoms with Crippen LogP contribution in [-0.2, 0) is 20.8 Å². The van der Waals surface area contributed by atoms with Gasteiger partial charge < -0.3 is 15.7 Å². The van der Waals surface area contributed by atoms with Crippen molar-refractivity contribution in [1.29, 1.82) is 0 Å². The van der Waals surface area contributed by atoms with Crippen molar-refractivity contribution in [2.24, 2.45) is 0 Å². The zero-order valence-corrected chi connectivity index (χ0v) is 15.1. The maximum Gasteiger partial charge on any atom is 0.326 e. The van der Waals surface area contributed by atoms with Crippen molar-refractivity contribution < 1.29 is 19.5 Å². The fourth-order valence-electron chi connectivity index (χ4n) is 3.82. The van der Waals surface area contributed by atoms with Crippen molar-refractivity contribution in [1.82, 2.24) is 10.6 Å². The van der Waals surface area contributed by atoms with E-state index in [4.69, 9.17) is 0 Å². The molecule has 1 saturated heterocycles. The van der Waals surface area contributed by atoms with Crippen LogP contribution in [0.25, 0.3) is 21.5 Å². The average molecular weight is 376 g/mol. The highest BCUT2D eigenvalue weighted by molar-refractivity contribution is 6.03. The third kappa shape index (κ3) is 3.41. The monoisotopic (exact) mass is 376 g/mol. The van der Waals surface area contributed by atoms with Crippen LogP contribution >= 0.6 is 0 Å². The molecule has 0 aliphatic carbocycles. The van der Waals surface area contributed by atoms with E-state index in [9.17, 15) is 19.5 Å². The Labute approximate surface area is 161 Å². The third-order valence-corrected chi connectivity index (χ3v) is 5.22. The first kappa shape index (κ1) is 18.0. The van der Waals surface area contributed by atoms with Gasteiger partial charge in [-0.05, 0) is 39.6 Å². The van der Waals surface area contributed by atoms with E-state index in [2.05, 4.69) is 16.7 Å². The van der Waals surface area contributed by atoms with Gasteiger partial charge in [-0.1, -0.05) is 48.5 Å². The van der Waals surface area contributed by atoms with Gasteiger partial charge in [0.05, 0.1) is 0 Å². The molecule has 1 heterocycles. The fourth-order valence-corrected chi connectivity index (χ4v) is 3.82. The minimum absolute atomic E-state index is 0.156. The highest BCUT2D eigenvalue weighted by Gasteiger charge is 2.31. The summed E-state index contributed by atoms with van der Waals surface area (Å²) in [5, 5.41) is 18.9. The summed E-state index contributed by atoms with van der Waals surface area (Å²) >= 11 is 0. The number of rotatable bonds is 5. The minimum Gasteiger partial charge on any atom is -0.480 e. The Bertz CT molecular complexity index is 1040. The van der Waals surface area contributed by atoms with Gasteiger partial charge >= 0.3 is 5.97 Å². The van der Waals surface area contributed by atoms with E-state index in [-0.39, 0.29) is 18.7 Å². The normalized spacial score (nSPS) is 17.4. The Morgan fingerprint density at radius 2 is 1.68 bits per heavy atom. The average Bonchev–Trinajstić information content (AvgIpc) is 3.13. The molecular weight excluding hydrogens is 356 g/mol. The van der Waals surface area contributed by atoms with Gasteiger partial charge in [0.15, 0.2) is 0 Å². The number of carboxylic acids is 1. The smallest absolute Gasteiger partial charge is 0.326 e. The summed E-state index contributed by atoms with van der Waals surface area (Å²) in [5.74, 6) is -1.75. The molecule has 3 aromatic rings. The number of aliphatic carboxylic acids is 1. The molecule has 0 saturated carbocycles. The lowest BCUT2D eigenvalue weighted by Crippen LogP contribution is -2.49. The summed E-state index contributed by atoms with van der Waals surface area (Å²) < 4.78 is 0. The van der Waals surface area contributed by atoms with Crippen LogP contribution in [0.5, 0.6) is 0 Å². The van der Waals surface area contributed by atoms with Gasteiger partial charge in [0.1, 0.15) is 12.1 Å². The van der Waals surface area contributed by atoms with Crippen LogP contribution in [-0.4, -0.2) is 35.0 Å². The van der Waals surface area contributed by atoms with E-state index in [0.717, 1.165) is 27.1 Å². The summed E-state index contributed by atoms with van der Waals surface area (Å²) in [5.41, 5.74) is 0.886. The van der Waals surface area contributed by atoms with E-state index in [1.165, 1.54) is 0 Å². The molecule has 1 aliphatic heterocycles. The van der Waals surface area contributed by atoms with Crippen molar-refractivity contribution in [3.63, 3.8) is 0 Å². The second-order valence-corrected chi connectivity index (χ2v) is 7.06. The van der Waals surface area contributed by atoms with Gasteiger partial charge in [0.2, 0.25) is 11.8 Å². The Kier molecular flexibility index (Phi) is 4.69. The number of carboxylic acid groups (broad SMARTS) is 1. The highest BCUT2D eigenvalue weighted by atomic mass is 16.4. The van der Waals surface area contributed by atoms with E-state index in [1.54, 1.807) is 0 Å². The largest absolute Gasteiger partial charge is 0.480 e. The number of nitrogens with one attached hydrogen (secondary N) is 2. The van der Waals surface area contributed by atoms with E-state index in [0.29, 0.717) is 6.42 Å². The Balaban J connectivity index is 1.70. The fraction of sp³-hybridized carbons (Fsp3) is 0.227. The molecular formula is C22H20N2O4. The van der Waals surface area contributed by atoms with E-state index in [1.807, 2.05) is 48.5 Å².